The molecule has 1 aromatic heterocycles. The van der Waals surface area contributed by atoms with Crippen LogP contribution in [0.5, 0.6) is 5.75 Å². The highest BCUT2D eigenvalue weighted by molar-refractivity contribution is 5.83. The van der Waals surface area contributed by atoms with Crippen molar-refractivity contribution in [1.82, 2.24) is 0 Å². The van der Waals surface area contributed by atoms with Crippen LogP contribution in [0.4, 0.5) is 4.39 Å². The van der Waals surface area contributed by atoms with E-state index in [1.165, 1.54) is 12.1 Å². The lowest BCUT2D eigenvalue weighted by molar-refractivity contribution is 0.468. The Morgan fingerprint density at radius 1 is 1.42 bits per heavy atom. The Labute approximate surface area is 138 Å². The van der Waals surface area contributed by atoms with Gasteiger partial charge in [-0.2, -0.15) is 0 Å². The lowest BCUT2D eigenvalue weighted by Crippen LogP contribution is -2.12. The van der Waals surface area contributed by atoms with Gasteiger partial charge in [-0.3, -0.25) is 0 Å². The average molecular weight is 330 g/mol. The molecule has 0 aliphatic rings. The number of benzene rings is 1. The molecular weight excluding hydrogens is 311 g/mol. The number of hydrogen-bond acceptors (Lipinski definition) is 5. The summed E-state index contributed by atoms with van der Waals surface area (Å²) in [5.41, 5.74) is 11.9. The highest BCUT2D eigenvalue weighted by atomic mass is 19.1. The molecule has 0 unspecified atom stereocenters. The quantitative estimate of drug-likeness (QED) is 0.591. The van der Waals surface area contributed by atoms with Crippen molar-refractivity contribution in [3.05, 3.63) is 75.2 Å². The van der Waals surface area contributed by atoms with Crippen molar-refractivity contribution in [3.8, 4) is 5.75 Å². The SMILES string of the molecule is C=C(N)/C(F)=C(\C=C/N)Cc1c(C)c2cc(C)c(O)cc2oc1=O. The Morgan fingerprint density at radius 2 is 2.08 bits per heavy atom. The van der Waals surface area contributed by atoms with Crippen molar-refractivity contribution >= 4 is 11.0 Å². The Morgan fingerprint density at radius 3 is 2.67 bits per heavy atom. The van der Waals surface area contributed by atoms with E-state index < -0.39 is 11.5 Å². The first-order chi connectivity index (χ1) is 11.3. The predicted molar refractivity (Wildman–Crippen MR) is 92.1 cm³/mol. The molecule has 2 rings (SSSR count). The van der Waals surface area contributed by atoms with Crippen molar-refractivity contribution < 1.29 is 13.9 Å². The standard InChI is InChI=1S/C18H19FN2O3/c1-9-6-13-10(2)14(18(23)24-16(13)8-15(9)22)7-12(4-5-20)17(19)11(3)21/h4-6,8,22H,3,7,20-21H2,1-2H3/b5-4-,17-12-. The second kappa shape index (κ2) is 6.62. The number of aryl methyl sites for hydroxylation is 2. The zero-order valence-electron chi connectivity index (χ0n) is 13.5. The van der Waals surface area contributed by atoms with Gasteiger partial charge in [0.1, 0.15) is 17.2 Å². The monoisotopic (exact) mass is 330 g/mol. The minimum Gasteiger partial charge on any atom is -0.508 e. The van der Waals surface area contributed by atoms with Crippen LogP contribution in [0.3, 0.4) is 0 Å². The van der Waals surface area contributed by atoms with Gasteiger partial charge < -0.3 is 21.0 Å². The number of phenolic OH excluding ortho intramolecular Hbond substituents is 1. The van der Waals surface area contributed by atoms with Crippen LogP contribution >= 0.6 is 0 Å². The number of rotatable bonds is 4. The molecule has 0 bridgehead atoms. The molecule has 0 radical (unpaired) electrons. The molecule has 5 N–H and O–H groups in total. The van der Waals surface area contributed by atoms with Gasteiger partial charge >= 0.3 is 5.63 Å². The van der Waals surface area contributed by atoms with Gasteiger partial charge in [0.25, 0.3) is 0 Å². The number of aromatic hydroxyl groups is 1. The van der Waals surface area contributed by atoms with Gasteiger partial charge in [0.2, 0.25) is 0 Å². The molecule has 0 fully saturated rings. The second-order valence-corrected chi connectivity index (χ2v) is 5.53. The Balaban J connectivity index is 2.69. The lowest BCUT2D eigenvalue weighted by atomic mass is 9.97. The summed E-state index contributed by atoms with van der Waals surface area (Å²) in [6, 6.07) is 3.11. The Hall–Kier alpha value is -3.02. The molecule has 0 amide bonds. The molecule has 0 aliphatic heterocycles. The first-order valence-corrected chi connectivity index (χ1v) is 7.23. The molecule has 126 valence electrons. The lowest BCUT2D eigenvalue weighted by Gasteiger charge is -2.11. The first-order valence-electron chi connectivity index (χ1n) is 7.23. The smallest absolute Gasteiger partial charge is 0.340 e. The molecule has 0 saturated heterocycles. The summed E-state index contributed by atoms with van der Waals surface area (Å²) in [6.07, 6.45) is 2.45. The Kier molecular flexibility index (Phi) is 4.78. The van der Waals surface area contributed by atoms with Crippen LogP contribution in [0.15, 0.2) is 57.3 Å². The van der Waals surface area contributed by atoms with Crippen molar-refractivity contribution in [2.24, 2.45) is 11.5 Å². The van der Waals surface area contributed by atoms with Crippen LogP contribution in [-0.4, -0.2) is 5.11 Å². The molecule has 0 spiro atoms. The molecule has 0 atom stereocenters. The van der Waals surface area contributed by atoms with Gasteiger partial charge in [-0.05, 0) is 48.9 Å². The van der Waals surface area contributed by atoms with Gasteiger partial charge in [0, 0.05) is 23.4 Å². The third-order valence-corrected chi connectivity index (χ3v) is 3.83. The molecular formula is C18H19FN2O3. The van der Waals surface area contributed by atoms with E-state index in [4.69, 9.17) is 15.9 Å². The van der Waals surface area contributed by atoms with E-state index in [-0.39, 0.29) is 34.6 Å². The number of hydrogen-bond donors (Lipinski definition) is 3. The van der Waals surface area contributed by atoms with E-state index in [0.717, 1.165) is 6.20 Å². The number of allylic oxidation sites excluding steroid dienone is 3. The maximum Gasteiger partial charge on any atom is 0.340 e. The van der Waals surface area contributed by atoms with E-state index in [1.807, 2.05) is 0 Å². The fourth-order valence-electron chi connectivity index (χ4n) is 2.46. The summed E-state index contributed by atoms with van der Waals surface area (Å²) < 4.78 is 19.4. The van der Waals surface area contributed by atoms with Gasteiger partial charge in [0.15, 0.2) is 0 Å². The number of fused-ring (bicyclic) bond motifs is 1. The Bertz CT molecular complexity index is 939. The van der Waals surface area contributed by atoms with Crippen LogP contribution in [0.1, 0.15) is 16.7 Å². The van der Waals surface area contributed by atoms with Gasteiger partial charge in [0.05, 0.1) is 5.70 Å². The van der Waals surface area contributed by atoms with E-state index >= 15 is 0 Å². The normalized spacial score (nSPS) is 12.6. The van der Waals surface area contributed by atoms with E-state index in [9.17, 15) is 14.3 Å². The zero-order chi connectivity index (χ0) is 18.0. The minimum absolute atomic E-state index is 0.0370. The van der Waals surface area contributed by atoms with Crippen molar-refractivity contribution in [3.63, 3.8) is 0 Å². The highest BCUT2D eigenvalue weighted by Gasteiger charge is 2.16. The van der Waals surface area contributed by atoms with Crippen LogP contribution < -0.4 is 17.1 Å². The van der Waals surface area contributed by atoms with Gasteiger partial charge in [-0.15, -0.1) is 0 Å². The molecule has 24 heavy (non-hydrogen) atoms. The topological polar surface area (TPSA) is 102 Å². The number of phenols is 1. The number of nitrogens with two attached hydrogens (primary N) is 2. The highest BCUT2D eigenvalue weighted by Crippen LogP contribution is 2.28. The third kappa shape index (κ3) is 3.17. The summed E-state index contributed by atoms with van der Waals surface area (Å²) in [7, 11) is 0. The van der Waals surface area contributed by atoms with E-state index in [1.54, 1.807) is 19.9 Å². The van der Waals surface area contributed by atoms with Crippen molar-refractivity contribution in [2.45, 2.75) is 20.3 Å². The van der Waals surface area contributed by atoms with Crippen molar-refractivity contribution in [1.29, 1.82) is 0 Å². The second-order valence-electron chi connectivity index (χ2n) is 5.53. The molecule has 0 saturated carbocycles. The van der Waals surface area contributed by atoms with E-state index in [0.29, 0.717) is 16.5 Å². The number of halogens is 1. The third-order valence-electron chi connectivity index (χ3n) is 3.83. The van der Waals surface area contributed by atoms with Crippen LogP contribution in [0, 0.1) is 13.8 Å². The largest absolute Gasteiger partial charge is 0.508 e. The molecule has 1 heterocycles. The van der Waals surface area contributed by atoms with Crippen LogP contribution in [0.2, 0.25) is 0 Å². The zero-order valence-corrected chi connectivity index (χ0v) is 13.5. The summed E-state index contributed by atoms with van der Waals surface area (Å²) >= 11 is 0. The maximum atomic E-state index is 14.1. The molecule has 1 aromatic carbocycles. The van der Waals surface area contributed by atoms with Gasteiger partial charge in [-0.1, -0.05) is 6.58 Å². The minimum atomic E-state index is -0.725. The van der Waals surface area contributed by atoms with Crippen LogP contribution in [-0.2, 0) is 6.42 Å². The van der Waals surface area contributed by atoms with E-state index in [2.05, 4.69) is 6.58 Å². The molecule has 5 nitrogen and oxygen atoms in total. The van der Waals surface area contributed by atoms with Gasteiger partial charge in [-0.25, -0.2) is 9.18 Å². The maximum absolute atomic E-state index is 14.1. The predicted octanol–water partition coefficient (Wildman–Crippen LogP) is 2.83. The molecule has 6 heteroatoms. The first kappa shape index (κ1) is 17.3. The average Bonchev–Trinajstić information content (AvgIpc) is 2.51. The fourth-order valence-corrected chi connectivity index (χ4v) is 2.46. The van der Waals surface area contributed by atoms with Crippen LogP contribution in [0.25, 0.3) is 11.0 Å². The molecule has 2 aromatic rings. The van der Waals surface area contributed by atoms with Crippen molar-refractivity contribution in [2.75, 3.05) is 0 Å². The summed E-state index contributed by atoms with van der Waals surface area (Å²) in [6.45, 7) is 6.83. The fraction of sp³-hybridized carbons (Fsp3) is 0.167. The summed E-state index contributed by atoms with van der Waals surface area (Å²) in [5.74, 6) is -0.688. The molecule has 0 aliphatic carbocycles. The summed E-state index contributed by atoms with van der Waals surface area (Å²) in [4.78, 5) is 12.3. The summed E-state index contributed by atoms with van der Waals surface area (Å²) in [5, 5.41) is 10.4.